The van der Waals surface area contributed by atoms with Crippen molar-refractivity contribution >= 4 is 0 Å². The maximum Gasteiger partial charge on any atom is -0.0235 e. The van der Waals surface area contributed by atoms with Crippen LogP contribution in [0.3, 0.4) is 0 Å². The zero-order valence-corrected chi connectivity index (χ0v) is 7.29. The number of hydrogen-bond acceptors (Lipinski definition) is 0. The van der Waals surface area contributed by atoms with Crippen molar-refractivity contribution in [1.29, 1.82) is 0 Å². The van der Waals surface area contributed by atoms with E-state index in [1.54, 1.807) is 0 Å². The van der Waals surface area contributed by atoms with Crippen LogP contribution in [0.2, 0.25) is 0 Å². The normalized spacial score (nSPS) is 10.8. The van der Waals surface area contributed by atoms with E-state index in [4.69, 9.17) is 0 Å². The van der Waals surface area contributed by atoms with Gasteiger partial charge in [0.15, 0.2) is 0 Å². The highest BCUT2D eigenvalue weighted by molar-refractivity contribution is 5.29. The van der Waals surface area contributed by atoms with Crippen molar-refractivity contribution in [3.05, 3.63) is 61.4 Å². The molecule has 0 aromatic heterocycles. The summed E-state index contributed by atoms with van der Waals surface area (Å²) < 4.78 is 0. The van der Waals surface area contributed by atoms with Crippen LogP contribution in [0, 0.1) is 13.8 Å². The topological polar surface area (TPSA) is 0 Å². The Morgan fingerprint density at radius 1 is 1.25 bits per heavy atom. The van der Waals surface area contributed by atoms with E-state index >= 15 is 0 Å². The fourth-order valence-electron chi connectivity index (χ4n) is 1.16. The van der Waals surface area contributed by atoms with Gasteiger partial charge in [0.1, 0.15) is 0 Å². The second kappa shape index (κ2) is 4.76. The number of rotatable bonds is 3. The molecule has 1 rings (SSSR count). The number of allylic oxidation sites excluding steroid dienone is 2. The molecule has 2 radical (unpaired) electrons. The Morgan fingerprint density at radius 2 is 2.00 bits per heavy atom. The van der Waals surface area contributed by atoms with Crippen LogP contribution in [-0.2, 0) is 6.42 Å². The highest BCUT2D eigenvalue weighted by Gasteiger charge is 1.93. The van der Waals surface area contributed by atoms with Crippen LogP contribution < -0.4 is 0 Å². The molecule has 0 spiro atoms. The predicted molar refractivity (Wildman–Crippen MR) is 53.7 cm³/mol. The third-order valence-corrected chi connectivity index (χ3v) is 1.87. The monoisotopic (exact) mass is 158 g/mol. The lowest BCUT2D eigenvalue weighted by Crippen LogP contribution is -1.86. The van der Waals surface area contributed by atoms with Crippen molar-refractivity contribution in [2.75, 3.05) is 0 Å². The minimum Gasteiger partial charge on any atom is -0.0882 e. The molecule has 0 aliphatic rings. The highest BCUT2D eigenvalue weighted by Crippen LogP contribution is 2.09. The maximum absolute atomic E-state index is 3.96. The zero-order valence-electron chi connectivity index (χ0n) is 7.29. The largest absolute Gasteiger partial charge is 0.0882 e. The molecule has 1 aromatic carbocycles. The summed E-state index contributed by atoms with van der Waals surface area (Å²) in [6, 6.07) is 8.24. The molecule has 0 aliphatic carbocycles. The second-order valence-corrected chi connectivity index (χ2v) is 2.78. The van der Waals surface area contributed by atoms with Gasteiger partial charge >= 0.3 is 0 Å². The summed E-state index contributed by atoms with van der Waals surface area (Å²) in [7, 11) is 0. The standard InChI is InChI=1S/C12H14/c1-3-4-5-9-12-10-7-6-8-11(12)2/h3-4,6-8,10H,1-2,5,9H2. The van der Waals surface area contributed by atoms with Crippen LogP contribution in [0.15, 0.2) is 36.4 Å². The molecule has 0 heteroatoms. The Morgan fingerprint density at radius 3 is 2.67 bits per heavy atom. The molecule has 12 heavy (non-hydrogen) atoms. The molecule has 62 valence electrons. The van der Waals surface area contributed by atoms with Gasteiger partial charge in [0.05, 0.1) is 0 Å². The van der Waals surface area contributed by atoms with Gasteiger partial charge in [-0.3, -0.25) is 0 Å². The van der Waals surface area contributed by atoms with E-state index < -0.39 is 0 Å². The molecule has 0 unspecified atom stereocenters. The van der Waals surface area contributed by atoms with Crippen molar-refractivity contribution in [2.45, 2.75) is 12.8 Å². The summed E-state index contributed by atoms with van der Waals surface area (Å²) in [5, 5.41) is 0. The second-order valence-electron chi connectivity index (χ2n) is 2.78. The number of benzene rings is 1. The van der Waals surface area contributed by atoms with Gasteiger partial charge < -0.3 is 0 Å². The minimum absolute atomic E-state index is 1.05. The third kappa shape index (κ3) is 2.54. The molecule has 0 amide bonds. The van der Waals surface area contributed by atoms with E-state index in [-0.39, 0.29) is 0 Å². The van der Waals surface area contributed by atoms with Crippen molar-refractivity contribution in [2.24, 2.45) is 0 Å². The summed E-state index contributed by atoms with van der Waals surface area (Å²) in [4.78, 5) is 0. The number of hydrogen-bond donors (Lipinski definition) is 0. The number of aryl methyl sites for hydroxylation is 1. The van der Waals surface area contributed by atoms with Gasteiger partial charge in [-0.1, -0.05) is 36.4 Å². The van der Waals surface area contributed by atoms with Crippen LogP contribution in [0.1, 0.15) is 17.5 Å². The van der Waals surface area contributed by atoms with Crippen LogP contribution in [0.5, 0.6) is 0 Å². The molecular formula is C12H14. The first-order valence-corrected chi connectivity index (χ1v) is 4.18. The van der Waals surface area contributed by atoms with E-state index in [9.17, 15) is 0 Å². The van der Waals surface area contributed by atoms with Gasteiger partial charge in [0, 0.05) is 0 Å². The Bertz CT molecular complexity index is 258. The third-order valence-electron chi connectivity index (χ3n) is 1.87. The molecular weight excluding hydrogens is 144 g/mol. The van der Waals surface area contributed by atoms with E-state index in [1.165, 1.54) is 5.56 Å². The van der Waals surface area contributed by atoms with Gasteiger partial charge in [-0.05, 0) is 37.8 Å². The molecule has 0 aliphatic heterocycles. The van der Waals surface area contributed by atoms with Crippen LogP contribution in [0.25, 0.3) is 0 Å². The van der Waals surface area contributed by atoms with E-state index in [1.807, 2.05) is 18.2 Å². The first-order valence-electron chi connectivity index (χ1n) is 4.18. The Hall–Kier alpha value is -1.04. The highest BCUT2D eigenvalue weighted by atomic mass is 14.0. The summed E-state index contributed by atoms with van der Waals surface area (Å²) in [6.45, 7) is 7.60. The van der Waals surface area contributed by atoms with Gasteiger partial charge in [-0.25, -0.2) is 0 Å². The van der Waals surface area contributed by atoms with Gasteiger partial charge in [0.2, 0.25) is 0 Å². The molecule has 0 nitrogen and oxygen atoms in total. The Labute approximate surface area is 74.9 Å². The molecule has 1 aromatic rings. The van der Waals surface area contributed by atoms with Crippen molar-refractivity contribution in [3.63, 3.8) is 0 Å². The molecule has 0 saturated heterocycles. The van der Waals surface area contributed by atoms with E-state index in [0.717, 1.165) is 18.4 Å². The van der Waals surface area contributed by atoms with Gasteiger partial charge in [0.25, 0.3) is 0 Å². The molecule has 0 atom stereocenters. The summed E-state index contributed by atoms with van der Waals surface area (Å²) in [5.74, 6) is 0. The lowest BCUT2D eigenvalue weighted by molar-refractivity contribution is 0.995. The summed E-state index contributed by atoms with van der Waals surface area (Å²) >= 11 is 0. The summed E-state index contributed by atoms with van der Waals surface area (Å²) in [5.41, 5.74) is 2.46. The fraction of sp³-hybridized carbons (Fsp3) is 0.167. The quantitative estimate of drug-likeness (QED) is 0.633. The molecule has 0 saturated carbocycles. The van der Waals surface area contributed by atoms with Crippen molar-refractivity contribution in [3.8, 4) is 0 Å². The summed E-state index contributed by atoms with van der Waals surface area (Å²) in [6.07, 6.45) is 6.03. The van der Waals surface area contributed by atoms with Crippen LogP contribution in [0.4, 0.5) is 0 Å². The van der Waals surface area contributed by atoms with Crippen LogP contribution >= 0.6 is 0 Å². The smallest absolute Gasteiger partial charge is 0.0235 e. The SMILES string of the molecule is [CH2]C=CCCc1ccccc1[CH2]. The zero-order chi connectivity index (χ0) is 8.81. The lowest BCUT2D eigenvalue weighted by atomic mass is 10.0. The predicted octanol–water partition coefficient (Wildman–Crippen LogP) is 3.19. The maximum atomic E-state index is 3.96. The molecule has 0 fully saturated rings. The first-order chi connectivity index (χ1) is 5.84. The average Bonchev–Trinajstić information content (AvgIpc) is 2.09. The average molecular weight is 158 g/mol. The molecule has 0 heterocycles. The van der Waals surface area contributed by atoms with Crippen molar-refractivity contribution < 1.29 is 0 Å². The lowest BCUT2D eigenvalue weighted by Gasteiger charge is -2.01. The first kappa shape index (κ1) is 9.05. The molecule has 0 N–H and O–H groups in total. The fourth-order valence-corrected chi connectivity index (χ4v) is 1.16. The van der Waals surface area contributed by atoms with E-state index in [2.05, 4.69) is 32.1 Å². The van der Waals surface area contributed by atoms with E-state index in [0.29, 0.717) is 0 Å². The Balaban J connectivity index is 2.57. The van der Waals surface area contributed by atoms with Gasteiger partial charge in [-0.15, -0.1) is 0 Å². The van der Waals surface area contributed by atoms with Crippen molar-refractivity contribution in [1.82, 2.24) is 0 Å². The Kier molecular flexibility index (Phi) is 3.59. The molecule has 0 bridgehead atoms. The minimum atomic E-state index is 1.05. The van der Waals surface area contributed by atoms with Crippen LogP contribution in [-0.4, -0.2) is 0 Å². The van der Waals surface area contributed by atoms with Gasteiger partial charge in [-0.2, -0.15) is 0 Å².